The molecule has 0 fully saturated rings. The Kier molecular flexibility index (Phi) is 8.21. The van der Waals surface area contributed by atoms with Crippen molar-refractivity contribution in [1.82, 2.24) is 0 Å². The number of unbranched alkanes of at least 4 members (excludes halogenated alkanes) is 2. The van der Waals surface area contributed by atoms with Gasteiger partial charge in [0.05, 0.1) is 0 Å². The van der Waals surface area contributed by atoms with Gasteiger partial charge < -0.3 is 14.7 Å². The number of rotatable bonds is 9. The van der Waals surface area contributed by atoms with Gasteiger partial charge in [-0.15, -0.1) is 10.1 Å². The average molecular weight is 270 g/mol. The van der Waals surface area contributed by atoms with Crippen molar-refractivity contribution in [3.05, 3.63) is 10.1 Å². The first kappa shape index (κ1) is 15.8. The van der Waals surface area contributed by atoms with Crippen LogP contribution in [0.4, 0.5) is 4.79 Å². The third kappa shape index (κ3) is 11.0. The topological polar surface area (TPSA) is 98.9 Å². The molecule has 0 amide bonds. The molecular weight excluding hydrogens is 254 g/mol. The first-order valence-corrected chi connectivity index (χ1v) is 5.70. The summed E-state index contributed by atoms with van der Waals surface area (Å²) in [5.41, 5.74) is -0.833. The lowest BCUT2D eigenvalue weighted by Gasteiger charge is -2.10. The van der Waals surface area contributed by atoms with Gasteiger partial charge in [-0.25, -0.2) is 4.79 Å². The van der Waals surface area contributed by atoms with E-state index in [2.05, 4.69) is 9.57 Å². The van der Waals surface area contributed by atoms with Crippen LogP contribution in [-0.2, 0) is 9.57 Å². The molecule has 0 heterocycles. The lowest BCUT2D eigenvalue weighted by atomic mass is 10.1. The van der Waals surface area contributed by atoms with Gasteiger partial charge in [-0.3, -0.25) is 0 Å². The quantitative estimate of drug-likeness (QED) is 0.227. The summed E-state index contributed by atoms with van der Waals surface area (Å²) in [6.45, 7) is 1.63. The number of nitrogens with zero attached hydrogens (tertiary/aromatic N) is 1. The molecule has 0 aliphatic carbocycles. The lowest BCUT2D eigenvalue weighted by molar-refractivity contribution is -0.767. The van der Waals surface area contributed by atoms with Crippen LogP contribution in [0.1, 0.15) is 39.0 Å². The predicted octanol–water partition coefficient (Wildman–Crippen LogP) is 2.79. The third-order valence-electron chi connectivity index (χ3n) is 2.04. The van der Waals surface area contributed by atoms with Crippen molar-refractivity contribution in [1.29, 1.82) is 0 Å². The minimum absolute atomic E-state index is 0.424. The van der Waals surface area contributed by atoms with Crippen molar-refractivity contribution in [2.24, 2.45) is 0 Å². The smallest absolute Gasteiger partial charge is 0.450 e. The van der Waals surface area contributed by atoms with Crippen molar-refractivity contribution in [3.8, 4) is 0 Å². The Morgan fingerprint density at radius 1 is 1.41 bits per heavy atom. The molecule has 0 saturated heterocycles. The van der Waals surface area contributed by atoms with E-state index >= 15 is 0 Å². The summed E-state index contributed by atoms with van der Waals surface area (Å²) in [6, 6.07) is 0. The van der Waals surface area contributed by atoms with Crippen LogP contribution in [0.15, 0.2) is 0 Å². The van der Waals surface area contributed by atoms with E-state index in [-0.39, 0.29) is 0 Å². The molecule has 1 unspecified atom stereocenters. The third-order valence-corrected chi connectivity index (χ3v) is 2.34. The molecule has 0 saturated carbocycles. The zero-order chi connectivity index (χ0) is 13.3. The SMILES string of the molecule is C[C@H](CCCCCC(Cl)OC(=O)O)O[N+](=O)[O-]. The van der Waals surface area contributed by atoms with Gasteiger partial charge in [0, 0.05) is 0 Å². The number of hydrogen-bond acceptors (Lipinski definition) is 5. The molecule has 0 aliphatic heterocycles. The zero-order valence-corrected chi connectivity index (χ0v) is 10.3. The van der Waals surface area contributed by atoms with Crippen LogP contribution < -0.4 is 0 Å². The number of ether oxygens (including phenoxy) is 1. The second-order valence-electron chi connectivity index (χ2n) is 3.57. The van der Waals surface area contributed by atoms with Crippen molar-refractivity contribution < 1.29 is 24.6 Å². The summed E-state index contributed by atoms with van der Waals surface area (Å²) in [7, 11) is 0. The highest BCUT2D eigenvalue weighted by Crippen LogP contribution is 2.13. The van der Waals surface area contributed by atoms with Crippen LogP contribution in [0.2, 0.25) is 0 Å². The minimum atomic E-state index is -1.39. The fourth-order valence-electron chi connectivity index (χ4n) is 1.28. The standard InChI is InChI=1S/C9H16ClNO6/c1-7(17-11(14)15)5-3-2-4-6-8(10)16-9(12)13/h7-8H,2-6H2,1H3,(H,12,13)/t7-,8?/m1/s1. The molecule has 100 valence electrons. The Hall–Kier alpha value is -1.24. The van der Waals surface area contributed by atoms with Gasteiger partial charge in [-0.05, 0) is 26.2 Å². The summed E-state index contributed by atoms with van der Waals surface area (Å²) in [4.78, 5) is 24.4. The molecule has 0 bridgehead atoms. The average Bonchev–Trinajstić information content (AvgIpc) is 2.14. The van der Waals surface area contributed by atoms with Crippen LogP contribution in [0.25, 0.3) is 0 Å². The lowest BCUT2D eigenvalue weighted by Crippen LogP contribution is -2.13. The highest BCUT2D eigenvalue weighted by Gasteiger charge is 2.10. The summed E-state index contributed by atoms with van der Waals surface area (Å²) >= 11 is 5.57. The number of carbonyl (C=O) groups is 1. The second kappa shape index (κ2) is 8.86. The van der Waals surface area contributed by atoms with E-state index in [1.165, 1.54) is 0 Å². The van der Waals surface area contributed by atoms with Gasteiger partial charge in [0.15, 0.2) is 5.56 Å². The Morgan fingerprint density at radius 3 is 2.53 bits per heavy atom. The largest absolute Gasteiger partial charge is 0.507 e. The van der Waals surface area contributed by atoms with E-state index in [0.717, 1.165) is 12.8 Å². The summed E-state index contributed by atoms with van der Waals surface area (Å²) < 4.78 is 4.30. The fourth-order valence-corrected chi connectivity index (χ4v) is 1.51. The number of alkyl halides is 1. The van der Waals surface area contributed by atoms with Crippen LogP contribution >= 0.6 is 11.6 Å². The number of hydrogen-bond donors (Lipinski definition) is 1. The first-order chi connectivity index (χ1) is 7.91. The van der Waals surface area contributed by atoms with Gasteiger partial charge in [0.2, 0.25) is 0 Å². The fraction of sp³-hybridized carbons (Fsp3) is 0.889. The van der Waals surface area contributed by atoms with E-state index in [1.54, 1.807) is 6.92 Å². The number of halogens is 1. The molecule has 0 aliphatic rings. The van der Waals surface area contributed by atoms with Crippen molar-refractivity contribution in [2.45, 2.75) is 50.7 Å². The van der Waals surface area contributed by atoms with Crippen LogP contribution in [-0.4, -0.2) is 28.0 Å². The molecular formula is C9H16ClNO6. The van der Waals surface area contributed by atoms with Gasteiger partial charge in [0.25, 0.3) is 5.09 Å². The Balaban J connectivity index is 3.39. The maximum atomic E-state index is 10.1. The van der Waals surface area contributed by atoms with Gasteiger partial charge in [-0.2, -0.15) is 0 Å². The zero-order valence-electron chi connectivity index (χ0n) is 9.50. The molecule has 0 aromatic carbocycles. The summed E-state index contributed by atoms with van der Waals surface area (Å²) in [6.07, 6.45) is 1.44. The minimum Gasteiger partial charge on any atom is -0.450 e. The first-order valence-electron chi connectivity index (χ1n) is 5.26. The van der Waals surface area contributed by atoms with Gasteiger partial charge in [-0.1, -0.05) is 24.4 Å². The van der Waals surface area contributed by atoms with E-state index in [1.807, 2.05) is 0 Å². The van der Waals surface area contributed by atoms with Crippen LogP contribution in [0, 0.1) is 10.1 Å². The van der Waals surface area contributed by atoms with Crippen LogP contribution in [0.3, 0.4) is 0 Å². The van der Waals surface area contributed by atoms with E-state index in [4.69, 9.17) is 16.7 Å². The molecule has 7 nitrogen and oxygen atoms in total. The Bertz CT molecular complexity index is 226. The Morgan fingerprint density at radius 2 is 2.00 bits per heavy atom. The summed E-state index contributed by atoms with van der Waals surface area (Å²) in [5.74, 6) is 0. The summed E-state index contributed by atoms with van der Waals surface area (Å²) in [5, 5.41) is 17.4. The van der Waals surface area contributed by atoms with E-state index < -0.39 is 22.9 Å². The molecule has 0 rings (SSSR count). The second-order valence-corrected chi connectivity index (χ2v) is 4.06. The number of carboxylic acid groups (broad SMARTS) is 1. The van der Waals surface area contributed by atoms with Gasteiger partial charge in [0.1, 0.15) is 6.10 Å². The van der Waals surface area contributed by atoms with E-state index in [0.29, 0.717) is 19.3 Å². The maximum absolute atomic E-state index is 10.1. The van der Waals surface area contributed by atoms with Crippen molar-refractivity contribution in [3.63, 3.8) is 0 Å². The highest BCUT2D eigenvalue weighted by atomic mass is 35.5. The molecule has 0 aromatic heterocycles. The van der Waals surface area contributed by atoms with Crippen molar-refractivity contribution >= 4 is 17.8 Å². The normalized spacial score (nSPS) is 13.8. The molecule has 17 heavy (non-hydrogen) atoms. The molecule has 8 heteroatoms. The molecule has 2 atom stereocenters. The highest BCUT2D eigenvalue weighted by molar-refractivity contribution is 6.20. The molecule has 1 N–H and O–H groups in total. The Labute approximate surface area is 104 Å². The predicted molar refractivity (Wildman–Crippen MR) is 59.4 cm³/mol. The maximum Gasteiger partial charge on any atom is 0.507 e. The van der Waals surface area contributed by atoms with E-state index in [9.17, 15) is 14.9 Å². The molecule has 0 radical (unpaired) electrons. The van der Waals surface area contributed by atoms with Gasteiger partial charge >= 0.3 is 6.16 Å². The van der Waals surface area contributed by atoms with Crippen LogP contribution in [0.5, 0.6) is 0 Å². The van der Waals surface area contributed by atoms with Crippen molar-refractivity contribution in [2.75, 3.05) is 0 Å². The molecule has 0 spiro atoms. The monoisotopic (exact) mass is 269 g/mol. The molecule has 0 aromatic rings.